The van der Waals surface area contributed by atoms with Crippen LogP contribution in [0.25, 0.3) is 5.70 Å². The Morgan fingerprint density at radius 3 is 2.54 bits per heavy atom. The first-order chi connectivity index (χ1) is 13.4. The number of methoxy groups -OCH3 is 1. The van der Waals surface area contributed by atoms with E-state index in [0.717, 1.165) is 16.7 Å². The summed E-state index contributed by atoms with van der Waals surface area (Å²) < 4.78 is 4.65. The average molecular weight is 380 g/mol. The van der Waals surface area contributed by atoms with E-state index in [1.807, 2.05) is 50.4 Å². The normalized spacial score (nSPS) is 13.1. The van der Waals surface area contributed by atoms with E-state index in [4.69, 9.17) is 4.84 Å². The van der Waals surface area contributed by atoms with Crippen LogP contribution in [0.15, 0.2) is 67.3 Å². The summed E-state index contributed by atoms with van der Waals surface area (Å²) in [4.78, 5) is 17.1. The molecule has 0 spiro atoms. The van der Waals surface area contributed by atoms with Crippen molar-refractivity contribution < 1.29 is 14.4 Å². The van der Waals surface area contributed by atoms with Crippen LogP contribution >= 0.6 is 0 Å². The van der Waals surface area contributed by atoms with Gasteiger partial charge in [0.1, 0.15) is 6.10 Å². The van der Waals surface area contributed by atoms with Crippen molar-refractivity contribution >= 4 is 11.7 Å². The molecule has 0 aliphatic rings. The van der Waals surface area contributed by atoms with Crippen molar-refractivity contribution in [2.45, 2.75) is 26.0 Å². The quantitative estimate of drug-likeness (QED) is 0.387. The molecule has 0 aliphatic carbocycles. The van der Waals surface area contributed by atoms with Crippen LogP contribution in [-0.2, 0) is 14.4 Å². The van der Waals surface area contributed by atoms with Crippen molar-refractivity contribution in [3.8, 4) is 0 Å². The Kier molecular flexibility index (Phi) is 7.99. The highest BCUT2D eigenvalue weighted by molar-refractivity contribution is 5.81. The molecule has 2 unspecified atom stereocenters. The molecule has 28 heavy (non-hydrogen) atoms. The number of ether oxygens (including phenoxy) is 1. The van der Waals surface area contributed by atoms with Crippen molar-refractivity contribution in [3.05, 3.63) is 89.5 Å². The number of hydroxylamine groups is 1. The molecular formula is C23H28N2O3. The van der Waals surface area contributed by atoms with Crippen molar-refractivity contribution in [1.82, 2.24) is 10.8 Å². The predicted molar refractivity (Wildman–Crippen MR) is 112 cm³/mol. The van der Waals surface area contributed by atoms with Gasteiger partial charge in [-0.1, -0.05) is 60.7 Å². The number of esters is 1. The molecule has 0 amide bonds. The van der Waals surface area contributed by atoms with E-state index < -0.39 is 0 Å². The molecule has 0 bridgehead atoms. The summed E-state index contributed by atoms with van der Waals surface area (Å²) in [6.45, 7) is 8.12. The van der Waals surface area contributed by atoms with Crippen LogP contribution < -0.4 is 10.8 Å². The summed E-state index contributed by atoms with van der Waals surface area (Å²) in [5.74, 6) is -0.388. The Morgan fingerprint density at radius 2 is 1.86 bits per heavy atom. The van der Waals surface area contributed by atoms with Gasteiger partial charge in [-0.3, -0.25) is 10.3 Å². The van der Waals surface area contributed by atoms with Gasteiger partial charge in [0.2, 0.25) is 0 Å². The van der Waals surface area contributed by atoms with Crippen molar-refractivity contribution in [2.24, 2.45) is 0 Å². The highest BCUT2D eigenvalue weighted by atomic mass is 16.7. The molecule has 0 fully saturated rings. The summed E-state index contributed by atoms with van der Waals surface area (Å²) in [7, 11) is 3.19. The van der Waals surface area contributed by atoms with Crippen LogP contribution in [-0.4, -0.2) is 20.1 Å². The average Bonchev–Trinajstić information content (AvgIpc) is 2.72. The largest absolute Gasteiger partial charge is 0.466 e. The van der Waals surface area contributed by atoms with Gasteiger partial charge in [0.25, 0.3) is 0 Å². The van der Waals surface area contributed by atoms with Crippen molar-refractivity contribution in [2.75, 3.05) is 14.2 Å². The molecular weight excluding hydrogens is 352 g/mol. The second-order valence-corrected chi connectivity index (χ2v) is 6.53. The molecule has 2 atom stereocenters. The van der Waals surface area contributed by atoms with Crippen molar-refractivity contribution in [1.29, 1.82) is 0 Å². The first kappa shape index (κ1) is 21.4. The van der Waals surface area contributed by atoms with Gasteiger partial charge in [-0.05, 0) is 43.7 Å². The molecule has 0 aliphatic heterocycles. The molecule has 5 nitrogen and oxygen atoms in total. The van der Waals surface area contributed by atoms with Crippen LogP contribution in [0.1, 0.15) is 41.3 Å². The van der Waals surface area contributed by atoms with E-state index >= 15 is 0 Å². The van der Waals surface area contributed by atoms with Gasteiger partial charge in [-0.15, -0.1) is 0 Å². The highest BCUT2D eigenvalue weighted by Crippen LogP contribution is 2.21. The zero-order valence-corrected chi connectivity index (χ0v) is 16.9. The molecule has 148 valence electrons. The Balaban J connectivity index is 2.04. The molecule has 2 aromatic carbocycles. The van der Waals surface area contributed by atoms with Gasteiger partial charge in [0, 0.05) is 6.08 Å². The SMILES string of the molecule is C=C(NOC(C)c1cccc(C)c1)c1cccc(C(C=CC(=O)OC)NC)c1. The fourth-order valence-electron chi connectivity index (χ4n) is 2.75. The first-order valence-electron chi connectivity index (χ1n) is 9.15. The predicted octanol–water partition coefficient (Wildman–Crippen LogP) is 4.24. The lowest BCUT2D eigenvalue weighted by Gasteiger charge is -2.18. The Hall–Kier alpha value is -2.89. The number of nitrogens with one attached hydrogen (secondary N) is 2. The third kappa shape index (κ3) is 6.08. The van der Waals surface area contributed by atoms with Gasteiger partial charge in [0.05, 0.1) is 18.8 Å². The number of hydrogen-bond donors (Lipinski definition) is 2. The van der Waals surface area contributed by atoms with Gasteiger partial charge >= 0.3 is 5.97 Å². The molecule has 0 aromatic heterocycles. The molecule has 0 saturated carbocycles. The van der Waals surface area contributed by atoms with Gasteiger partial charge in [-0.2, -0.15) is 0 Å². The van der Waals surface area contributed by atoms with Crippen LogP contribution in [0.3, 0.4) is 0 Å². The zero-order valence-electron chi connectivity index (χ0n) is 16.9. The second-order valence-electron chi connectivity index (χ2n) is 6.53. The minimum atomic E-state index is -0.388. The Bertz CT molecular complexity index is 845. The van der Waals surface area contributed by atoms with E-state index in [1.54, 1.807) is 6.08 Å². The molecule has 0 saturated heterocycles. The number of rotatable bonds is 9. The lowest BCUT2D eigenvalue weighted by Crippen LogP contribution is -2.17. The lowest BCUT2D eigenvalue weighted by atomic mass is 10.0. The Labute approximate surface area is 167 Å². The molecule has 0 heterocycles. The summed E-state index contributed by atoms with van der Waals surface area (Å²) >= 11 is 0. The zero-order chi connectivity index (χ0) is 20.5. The summed E-state index contributed by atoms with van der Waals surface area (Å²) in [6, 6.07) is 16.0. The number of hydrogen-bond acceptors (Lipinski definition) is 5. The van der Waals surface area contributed by atoms with Gasteiger partial charge in [-0.25, -0.2) is 4.79 Å². The number of carbonyl (C=O) groups is 1. The van der Waals surface area contributed by atoms with E-state index in [9.17, 15) is 4.79 Å². The topological polar surface area (TPSA) is 59.6 Å². The van der Waals surface area contributed by atoms with Crippen LogP contribution in [0.4, 0.5) is 0 Å². The Morgan fingerprint density at radius 1 is 1.14 bits per heavy atom. The number of likely N-dealkylation sites (N-methyl/N-ethyl adjacent to an activating group) is 1. The second kappa shape index (κ2) is 10.4. The fraction of sp³-hybridized carbons (Fsp3) is 0.261. The van der Waals surface area contributed by atoms with Crippen LogP contribution in [0, 0.1) is 6.92 Å². The number of carbonyl (C=O) groups excluding carboxylic acids is 1. The third-order valence-electron chi connectivity index (χ3n) is 4.40. The van der Waals surface area contributed by atoms with Crippen molar-refractivity contribution in [3.63, 3.8) is 0 Å². The van der Waals surface area contributed by atoms with Crippen LogP contribution in [0.2, 0.25) is 0 Å². The van der Waals surface area contributed by atoms with E-state index in [2.05, 4.69) is 41.2 Å². The minimum absolute atomic E-state index is 0.118. The van der Waals surface area contributed by atoms with Gasteiger partial charge < -0.3 is 10.1 Å². The summed E-state index contributed by atoms with van der Waals surface area (Å²) in [5.41, 5.74) is 7.80. The molecule has 2 N–H and O–H groups in total. The van der Waals surface area contributed by atoms with E-state index in [-0.39, 0.29) is 18.1 Å². The smallest absolute Gasteiger partial charge is 0.330 e. The summed E-state index contributed by atoms with van der Waals surface area (Å²) in [6.07, 6.45) is 3.05. The maximum atomic E-state index is 11.3. The number of benzene rings is 2. The van der Waals surface area contributed by atoms with Gasteiger partial charge in [0.15, 0.2) is 0 Å². The number of aryl methyl sites for hydroxylation is 1. The fourth-order valence-corrected chi connectivity index (χ4v) is 2.75. The monoisotopic (exact) mass is 380 g/mol. The van der Waals surface area contributed by atoms with Crippen LogP contribution in [0.5, 0.6) is 0 Å². The minimum Gasteiger partial charge on any atom is -0.466 e. The maximum Gasteiger partial charge on any atom is 0.330 e. The molecule has 2 rings (SSSR count). The highest BCUT2D eigenvalue weighted by Gasteiger charge is 2.10. The van der Waals surface area contributed by atoms with E-state index in [1.165, 1.54) is 18.7 Å². The third-order valence-corrected chi connectivity index (χ3v) is 4.40. The lowest BCUT2D eigenvalue weighted by molar-refractivity contribution is -0.134. The molecule has 2 aromatic rings. The van der Waals surface area contributed by atoms with E-state index in [0.29, 0.717) is 5.70 Å². The maximum absolute atomic E-state index is 11.3. The standard InChI is InChI=1S/C23H28N2O3/c1-16-8-6-10-20(14-16)18(3)28-25-17(2)19-9-7-11-21(15-19)22(24-4)12-13-23(26)27-5/h6-15,18,22,24-25H,2H2,1,3-5H3. The molecule has 0 radical (unpaired) electrons. The molecule has 5 heteroatoms. The first-order valence-corrected chi connectivity index (χ1v) is 9.15. The summed E-state index contributed by atoms with van der Waals surface area (Å²) in [5, 5.41) is 3.17.